The molecule has 51 heavy (non-hydrogen) atoms. The molecule has 2 aliphatic rings. The summed E-state index contributed by atoms with van der Waals surface area (Å²) in [4.78, 5) is 11.9. The van der Waals surface area contributed by atoms with E-state index in [2.05, 4.69) is 0 Å². The molecule has 282 valence electrons. The summed E-state index contributed by atoms with van der Waals surface area (Å²) in [6.07, 6.45) is 16.7. The van der Waals surface area contributed by atoms with E-state index in [1.165, 1.54) is 27.3 Å². The molecule has 8 unspecified atom stereocenters. The molecule has 2 heterocycles. The fourth-order valence-electron chi connectivity index (χ4n) is 5.84. The first-order chi connectivity index (χ1) is 24.3. The van der Waals surface area contributed by atoms with Gasteiger partial charge in [0, 0.05) is 12.8 Å². The number of carboxylic acids is 1. The Morgan fingerprint density at radius 3 is 1.92 bits per heavy atom. The number of aliphatic hydroxyl groups is 8. The second-order valence-electron chi connectivity index (χ2n) is 13.2. The van der Waals surface area contributed by atoms with Crippen molar-refractivity contribution in [2.75, 3.05) is 6.61 Å². The molecule has 0 amide bonds. The van der Waals surface area contributed by atoms with E-state index < -0.39 is 66.5 Å². The molecule has 0 aliphatic carbocycles. The molecule has 0 spiro atoms. The zero-order chi connectivity index (χ0) is 37.6. The number of aliphatic carboxylic acids is 1. The average molecular weight is 729 g/mol. The molecule has 10 atom stereocenters. The number of hydrogen-bond acceptors (Lipinski definition) is 11. The van der Waals surface area contributed by atoms with Gasteiger partial charge in [0.15, 0.2) is 5.79 Å². The van der Waals surface area contributed by atoms with E-state index in [-0.39, 0.29) is 64.4 Å². The van der Waals surface area contributed by atoms with Crippen LogP contribution in [0.3, 0.4) is 0 Å². The van der Waals surface area contributed by atoms with Crippen LogP contribution in [0.4, 0.5) is 0 Å². The molecule has 2 rings (SSSR count). The van der Waals surface area contributed by atoms with Crippen molar-refractivity contribution in [3.05, 3.63) is 85.1 Å². The Morgan fingerprint density at radius 2 is 1.29 bits per heavy atom. The first-order valence-electron chi connectivity index (χ1n) is 17.6. The molecular weight excluding hydrogens is 673 g/mol. The SMILES string of the molecule is O=C(O)[C@@H]1CCC2(O)CC(O)CC(O)C(O)CCC(O)CC(O)C[C](=[Mg])OCC[C@H](O)C/C=C/C=C/C=C/C=C/C=C/C=C/C=C/C(O)CC1O2. The zero-order valence-corrected chi connectivity index (χ0v) is 30.6. The van der Waals surface area contributed by atoms with Gasteiger partial charge in [0.25, 0.3) is 0 Å². The Kier molecular flexibility index (Phi) is 21.9. The normalized spacial score (nSPS) is 39.7. The molecule has 0 aromatic rings. The van der Waals surface area contributed by atoms with Crippen molar-refractivity contribution < 1.29 is 60.2 Å². The van der Waals surface area contributed by atoms with Crippen molar-refractivity contribution in [2.24, 2.45) is 5.92 Å². The minimum Gasteiger partial charge on any atom is -0.389 e. The fourth-order valence-corrected chi connectivity index (χ4v) is 6.31. The summed E-state index contributed by atoms with van der Waals surface area (Å²) in [5.41, 5.74) is 0. The number of hydrogen-bond donors (Lipinski definition) is 9. The Labute approximate surface area is 313 Å². The minimum absolute atomic E-state index is 0.0153. The smallest absolute Gasteiger partial charge is 0.389 e. The maximum atomic E-state index is 11.9. The molecule has 0 radical (unpaired) electrons. The molecule has 1 saturated heterocycles. The monoisotopic (exact) mass is 728 g/mol. The van der Waals surface area contributed by atoms with Gasteiger partial charge in [-0.1, -0.05) is 48.6 Å². The number of rotatable bonds is 1. The summed E-state index contributed by atoms with van der Waals surface area (Å²) in [6, 6.07) is 0. The van der Waals surface area contributed by atoms with E-state index in [1.54, 1.807) is 24.3 Å². The van der Waals surface area contributed by atoms with Crippen molar-refractivity contribution in [1.29, 1.82) is 0 Å². The summed E-state index contributed by atoms with van der Waals surface area (Å²) >= 11 is 1.48. The van der Waals surface area contributed by atoms with Crippen molar-refractivity contribution in [2.45, 2.75) is 125 Å². The summed E-state index contributed by atoms with van der Waals surface area (Å²) in [6.45, 7) is 0.279. The fraction of sp³-hybridized carbons (Fsp3) is 0.579. The number of aliphatic hydroxyl groups excluding tert-OH is 7. The van der Waals surface area contributed by atoms with Gasteiger partial charge in [-0.25, -0.2) is 0 Å². The second-order valence-corrected chi connectivity index (χ2v) is 14.0. The van der Waals surface area contributed by atoms with Crippen LogP contribution in [0.25, 0.3) is 0 Å². The Morgan fingerprint density at radius 1 is 0.686 bits per heavy atom. The third-order valence-electron chi connectivity index (χ3n) is 8.63. The first-order valence-corrected chi connectivity index (χ1v) is 18.4. The Balaban J connectivity index is 2.07. The summed E-state index contributed by atoms with van der Waals surface area (Å²) in [5.74, 6) is -4.02. The maximum absolute atomic E-state index is 11.9. The predicted molar refractivity (Wildman–Crippen MR) is 194 cm³/mol. The van der Waals surface area contributed by atoms with Crippen LogP contribution in [-0.2, 0) is 14.3 Å². The van der Waals surface area contributed by atoms with Crippen molar-refractivity contribution in [3.8, 4) is 0 Å². The van der Waals surface area contributed by atoms with Crippen LogP contribution < -0.4 is 0 Å². The van der Waals surface area contributed by atoms with Gasteiger partial charge in [-0.3, -0.25) is 4.79 Å². The van der Waals surface area contributed by atoms with Crippen LogP contribution in [0, 0.1) is 5.92 Å². The number of allylic oxidation sites excluding steroid dienone is 12. The van der Waals surface area contributed by atoms with Gasteiger partial charge in [0.2, 0.25) is 0 Å². The summed E-state index contributed by atoms with van der Waals surface area (Å²) < 4.78 is 12.0. The Bertz CT molecular complexity index is 1240. The van der Waals surface area contributed by atoms with Crippen molar-refractivity contribution in [3.63, 3.8) is 0 Å². The zero-order valence-electron chi connectivity index (χ0n) is 29.2. The van der Waals surface area contributed by atoms with Gasteiger partial charge >= 0.3 is 197 Å². The molecule has 2 bridgehead atoms. The van der Waals surface area contributed by atoms with E-state index in [1.807, 2.05) is 54.7 Å². The van der Waals surface area contributed by atoms with Crippen LogP contribution in [-0.4, -0.2) is 138 Å². The third-order valence-corrected chi connectivity index (χ3v) is 9.12. The van der Waals surface area contributed by atoms with E-state index in [9.17, 15) is 50.8 Å². The summed E-state index contributed by atoms with van der Waals surface area (Å²) in [5, 5.41) is 94.1. The third kappa shape index (κ3) is 19.9. The van der Waals surface area contributed by atoms with Gasteiger partial charge in [-0.05, 0) is 6.42 Å². The number of ether oxygens (including phenoxy) is 2. The van der Waals surface area contributed by atoms with Gasteiger partial charge < -0.3 is 20.1 Å². The van der Waals surface area contributed by atoms with Crippen LogP contribution in [0.5, 0.6) is 0 Å². The van der Waals surface area contributed by atoms with Crippen LogP contribution in [0.1, 0.15) is 70.6 Å². The average Bonchev–Trinajstić information content (AvgIpc) is 3.04. The molecule has 9 N–H and O–H groups in total. The molecule has 1 fully saturated rings. The topological polar surface area (TPSA) is 218 Å². The minimum atomic E-state index is -1.91. The van der Waals surface area contributed by atoms with E-state index in [4.69, 9.17) is 9.47 Å². The molecule has 12 nitrogen and oxygen atoms in total. The van der Waals surface area contributed by atoms with Gasteiger partial charge in [-0.15, -0.1) is 0 Å². The van der Waals surface area contributed by atoms with Crippen LogP contribution >= 0.6 is 0 Å². The molecule has 0 saturated carbocycles. The van der Waals surface area contributed by atoms with E-state index >= 15 is 0 Å². The van der Waals surface area contributed by atoms with Gasteiger partial charge in [0.05, 0.1) is 18.1 Å². The van der Waals surface area contributed by atoms with Crippen molar-refractivity contribution in [1.82, 2.24) is 0 Å². The first kappa shape index (κ1) is 44.9. The standard InChI is InChI=1S/C38H56O12.Mg/c39-28-14-12-10-8-6-4-2-1-3-5-7-9-11-13-15-29(40)26-36-33(37(46)47)18-21-38(48,50-36)27-32(43)25-35(45)34(44)17-16-30(41)24-31(42)20-23-49-22-19-28;/h1-13,15,28-36,39-45,48H,14,16-22,24-27H2,(H,46,47);/b3-1+,4-2+,7-5+,8-6+,11-9+,12-10+,15-13+;/t28-,29?,30?,31?,32?,33-,34?,35?,36?,38?;/m1./s1. The molecule has 2 aliphatic heterocycles. The quantitative estimate of drug-likeness (QED) is 0.177. The van der Waals surface area contributed by atoms with Gasteiger partial charge in [-0.2, -0.15) is 0 Å². The molecule has 13 heteroatoms. The Hall–Kier alpha value is -2.27. The van der Waals surface area contributed by atoms with Gasteiger partial charge in [0.1, 0.15) is 0 Å². The number of carbonyl (C=O) groups is 1. The van der Waals surface area contributed by atoms with Crippen LogP contribution in [0.2, 0.25) is 0 Å². The van der Waals surface area contributed by atoms with E-state index in [0.29, 0.717) is 16.7 Å². The second kappa shape index (κ2) is 24.9. The molecule has 0 aromatic carbocycles. The summed E-state index contributed by atoms with van der Waals surface area (Å²) in [7, 11) is 0. The van der Waals surface area contributed by atoms with Crippen molar-refractivity contribution >= 4 is 31.0 Å². The molecular formula is C38H56MgO12. The number of carboxylic acid groups (broad SMARTS) is 1. The van der Waals surface area contributed by atoms with E-state index in [0.717, 1.165) is 0 Å². The number of fused-ring (bicyclic) bond motifs is 2. The predicted octanol–water partition coefficient (Wildman–Crippen LogP) is 1.81. The van der Waals surface area contributed by atoms with Crippen LogP contribution in [0.15, 0.2) is 85.1 Å². The molecule has 0 aromatic heterocycles.